The van der Waals surface area contributed by atoms with Gasteiger partial charge >= 0.3 is 0 Å². The van der Waals surface area contributed by atoms with Gasteiger partial charge in [-0.1, -0.05) is 39.0 Å². The molecule has 104 valence electrons. The predicted molar refractivity (Wildman–Crippen MR) is 83.1 cm³/mol. The third-order valence-corrected chi connectivity index (χ3v) is 3.46. The highest BCUT2D eigenvalue weighted by Crippen LogP contribution is 2.27. The van der Waals surface area contributed by atoms with Gasteiger partial charge in [-0.2, -0.15) is 0 Å². The summed E-state index contributed by atoms with van der Waals surface area (Å²) in [6.45, 7) is 6.54. The Balaban J connectivity index is 2.75. The van der Waals surface area contributed by atoms with Gasteiger partial charge in [-0.15, -0.1) is 0 Å². The average Bonchev–Trinajstić information content (AvgIpc) is 2.35. The third-order valence-electron chi connectivity index (χ3n) is 3.46. The second-order valence-electron chi connectivity index (χ2n) is 6.12. The maximum atomic E-state index is 5.74. The highest BCUT2D eigenvalue weighted by atomic mass is 14.7. The molecule has 0 atom stereocenters. The summed E-state index contributed by atoms with van der Waals surface area (Å²) in [6.07, 6.45) is 0. The molecule has 0 saturated heterocycles. The van der Waals surface area contributed by atoms with Gasteiger partial charge in [0.1, 0.15) is 0 Å². The summed E-state index contributed by atoms with van der Waals surface area (Å²) < 4.78 is 0. The standard InChI is InChI=1S/C16H20N4/c1-16(2,3)11-5-4-9-7-12(14(17)18)13(15(19)20)8-10(9)6-11/h4-8H,1-3H3,(H3,17,18)(H3,19,20)/p+2. The quantitative estimate of drug-likeness (QED) is 0.418. The van der Waals surface area contributed by atoms with Gasteiger partial charge in [0.2, 0.25) is 0 Å². The summed E-state index contributed by atoms with van der Waals surface area (Å²) in [7, 11) is 0. The second-order valence-corrected chi connectivity index (χ2v) is 6.12. The van der Waals surface area contributed by atoms with Crippen LogP contribution >= 0.6 is 0 Å². The van der Waals surface area contributed by atoms with Crippen molar-refractivity contribution in [3.63, 3.8) is 0 Å². The smallest absolute Gasteiger partial charge is 0.271 e. The first-order chi connectivity index (χ1) is 9.20. The van der Waals surface area contributed by atoms with Gasteiger partial charge in [-0.25, -0.2) is 0 Å². The van der Waals surface area contributed by atoms with E-state index in [1.54, 1.807) is 0 Å². The molecule has 0 aliphatic carbocycles. The Hall–Kier alpha value is -2.36. The van der Waals surface area contributed by atoms with Crippen molar-refractivity contribution in [3.8, 4) is 0 Å². The van der Waals surface area contributed by atoms with Crippen molar-refractivity contribution in [2.75, 3.05) is 0 Å². The molecule has 0 aliphatic rings. The first-order valence-electron chi connectivity index (χ1n) is 6.55. The summed E-state index contributed by atoms with van der Waals surface area (Å²) in [5.74, 6) is 0.437. The number of nitrogens with two attached hydrogens (primary N) is 4. The lowest BCUT2D eigenvalue weighted by Gasteiger charge is -2.19. The molecule has 0 bridgehead atoms. The number of benzene rings is 2. The van der Waals surface area contributed by atoms with E-state index in [-0.39, 0.29) is 17.1 Å². The lowest BCUT2D eigenvalue weighted by Crippen LogP contribution is -2.50. The van der Waals surface area contributed by atoms with E-state index in [2.05, 4.69) is 39.0 Å². The molecule has 0 amide bonds. The molecule has 0 unspecified atom stereocenters. The number of rotatable bonds is 2. The van der Waals surface area contributed by atoms with Gasteiger partial charge in [-0.05, 0) is 33.9 Å². The SMILES string of the molecule is CC(C)(C)c1ccc2cc(C(N)=[NH2+])c(C(N)=[NH2+])cc2c1. The highest BCUT2D eigenvalue weighted by Gasteiger charge is 2.18. The Morgan fingerprint density at radius 1 is 0.850 bits per heavy atom. The Morgan fingerprint density at radius 3 is 1.80 bits per heavy atom. The lowest BCUT2D eigenvalue weighted by atomic mass is 9.85. The molecule has 0 radical (unpaired) electrons. The second kappa shape index (κ2) is 4.63. The summed E-state index contributed by atoms with van der Waals surface area (Å²) >= 11 is 0. The molecule has 2 aromatic carbocycles. The van der Waals surface area contributed by atoms with Crippen molar-refractivity contribution in [1.29, 1.82) is 0 Å². The van der Waals surface area contributed by atoms with Crippen LogP contribution in [0.1, 0.15) is 37.5 Å². The fourth-order valence-electron chi connectivity index (χ4n) is 2.24. The van der Waals surface area contributed by atoms with Gasteiger partial charge < -0.3 is 0 Å². The monoisotopic (exact) mass is 270 g/mol. The van der Waals surface area contributed by atoms with Crippen molar-refractivity contribution < 1.29 is 10.8 Å². The number of hydrogen-bond donors (Lipinski definition) is 4. The van der Waals surface area contributed by atoms with E-state index in [9.17, 15) is 0 Å². The topological polar surface area (TPSA) is 103 Å². The third kappa shape index (κ3) is 2.50. The van der Waals surface area contributed by atoms with Crippen molar-refractivity contribution >= 4 is 22.4 Å². The first-order valence-corrected chi connectivity index (χ1v) is 6.55. The molecule has 0 heterocycles. The van der Waals surface area contributed by atoms with Crippen molar-refractivity contribution in [1.82, 2.24) is 0 Å². The minimum atomic E-state index is 0.0873. The van der Waals surface area contributed by atoms with E-state index >= 15 is 0 Å². The molecular formula is C16H22N4+2. The molecule has 0 aromatic heterocycles. The maximum Gasteiger partial charge on any atom is 0.271 e. The first kappa shape index (κ1) is 14.1. The van der Waals surface area contributed by atoms with Crippen LogP contribution in [-0.2, 0) is 5.41 Å². The van der Waals surface area contributed by atoms with E-state index in [0.29, 0.717) is 11.1 Å². The fraction of sp³-hybridized carbons (Fsp3) is 0.250. The van der Waals surface area contributed by atoms with E-state index in [1.165, 1.54) is 5.56 Å². The Kier molecular flexibility index (Phi) is 3.26. The number of amidine groups is 2. The Morgan fingerprint density at radius 2 is 1.35 bits per heavy atom. The average molecular weight is 270 g/mol. The lowest BCUT2D eigenvalue weighted by molar-refractivity contribution is -0.116. The van der Waals surface area contributed by atoms with Crippen LogP contribution in [0, 0.1) is 0 Å². The molecule has 8 N–H and O–H groups in total. The van der Waals surface area contributed by atoms with Gasteiger partial charge in [0.25, 0.3) is 11.7 Å². The normalized spacial score (nSPS) is 11.6. The van der Waals surface area contributed by atoms with Gasteiger partial charge in [0.05, 0.1) is 11.1 Å². The summed E-state index contributed by atoms with van der Waals surface area (Å²) in [4.78, 5) is 0. The molecule has 0 fully saturated rings. The van der Waals surface area contributed by atoms with Crippen LogP contribution in [0.25, 0.3) is 10.8 Å². The summed E-state index contributed by atoms with van der Waals surface area (Å²) in [5, 5.41) is 13.6. The van der Waals surface area contributed by atoms with Crippen LogP contribution in [0.15, 0.2) is 30.3 Å². The molecular weight excluding hydrogens is 248 g/mol. The zero-order valence-electron chi connectivity index (χ0n) is 12.2. The molecule has 20 heavy (non-hydrogen) atoms. The highest BCUT2D eigenvalue weighted by molar-refractivity contribution is 6.09. The summed E-state index contributed by atoms with van der Waals surface area (Å²) in [6, 6.07) is 10.2. The van der Waals surface area contributed by atoms with Crippen LogP contribution in [0.2, 0.25) is 0 Å². The molecule has 2 aromatic rings. The van der Waals surface area contributed by atoms with E-state index in [1.807, 2.05) is 12.1 Å². The van der Waals surface area contributed by atoms with E-state index in [4.69, 9.17) is 22.3 Å². The van der Waals surface area contributed by atoms with Crippen molar-refractivity contribution in [2.45, 2.75) is 26.2 Å². The molecule has 0 aliphatic heterocycles. The number of fused-ring (bicyclic) bond motifs is 1. The van der Waals surface area contributed by atoms with Gasteiger partial charge in [0, 0.05) is 0 Å². The zero-order valence-corrected chi connectivity index (χ0v) is 12.2. The van der Waals surface area contributed by atoms with E-state index in [0.717, 1.165) is 10.8 Å². The predicted octanol–water partition coefficient (Wildman–Crippen LogP) is -0.934. The molecule has 4 heteroatoms. The Labute approximate surface area is 118 Å². The van der Waals surface area contributed by atoms with Crippen LogP contribution in [-0.4, -0.2) is 11.7 Å². The van der Waals surface area contributed by atoms with Crippen LogP contribution in [0.4, 0.5) is 0 Å². The molecule has 2 rings (SSSR count). The van der Waals surface area contributed by atoms with Crippen molar-refractivity contribution in [2.24, 2.45) is 11.5 Å². The zero-order chi connectivity index (χ0) is 15.1. The largest absolute Gasteiger partial charge is 0.287 e. The summed E-state index contributed by atoms with van der Waals surface area (Å²) in [5.41, 5.74) is 14.2. The maximum absolute atomic E-state index is 5.74. The Bertz CT molecular complexity index is 708. The van der Waals surface area contributed by atoms with Crippen LogP contribution in [0.5, 0.6) is 0 Å². The number of hydrogen-bond acceptors (Lipinski definition) is 0. The fourth-order valence-corrected chi connectivity index (χ4v) is 2.24. The van der Waals surface area contributed by atoms with Crippen LogP contribution < -0.4 is 22.3 Å². The molecule has 4 nitrogen and oxygen atoms in total. The van der Waals surface area contributed by atoms with Gasteiger partial charge in [0.15, 0.2) is 0 Å². The molecule has 0 saturated carbocycles. The van der Waals surface area contributed by atoms with Gasteiger partial charge in [-0.3, -0.25) is 22.3 Å². The molecule has 0 spiro atoms. The van der Waals surface area contributed by atoms with Crippen LogP contribution in [0.3, 0.4) is 0 Å². The minimum Gasteiger partial charge on any atom is -0.287 e. The van der Waals surface area contributed by atoms with Crippen molar-refractivity contribution in [3.05, 3.63) is 47.0 Å². The van der Waals surface area contributed by atoms with E-state index < -0.39 is 0 Å². The minimum absolute atomic E-state index is 0.0873.